The first-order valence-corrected chi connectivity index (χ1v) is 7.47. The van der Waals surface area contributed by atoms with Crippen LogP contribution < -0.4 is 16.4 Å². The largest absolute Gasteiger partial charge is 0.300 e. The second kappa shape index (κ2) is 6.36. The molecule has 0 saturated heterocycles. The van der Waals surface area contributed by atoms with Crippen LogP contribution in [0.2, 0.25) is 0 Å². The van der Waals surface area contributed by atoms with Gasteiger partial charge in [-0.3, -0.25) is 24.5 Å². The van der Waals surface area contributed by atoms with Crippen molar-refractivity contribution in [1.82, 2.24) is 19.7 Å². The molecule has 0 radical (unpaired) electrons. The first kappa shape index (κ1) is 14.9. The van der Waals surface area contributed by atoms with Crippen LogP contribution in [0.4, 0.5) is 5.13 Å². The van der Waals surface area contributed by atoms with E-state index in [9.17, 15) is 14.4 Å². The van der Waals surface area contributed by atoms with Crippen LogP contribution >= 0.6 is 11.3 Å². The van der Waals surface area contributed by atoms with Crippen molar-refractivity contribution in [2.24, 2.45) is 0 Å². The molecule has 3 aromatic heterocycles. The predicted octanol–water partition coefficient (Wildman–Crippen LogP) is 0.694. The number of pyridine rings is 1. The summed E-state index contributed by atoms with van der Waals surface area (Å²) in [7, 11) is 0. The Balaban J connectivity index is 1.71. The lowest BCUT2D eigenvalue weighted by Gasteiger charge is -2.04. The second-order valence-electron chi connectivity index (χ2n) is 4.53. The number of aromatic amines is 1. The molecule has 8 nitrogen and oxygen atoms in total. The summed E-state index contributed by atoms with van der Waals surface area (Å²) in [6.45, 7) is -0.298. The quantitative estimate of drug-likeness (QED) is 0.732. The summed E-state index contributed by atoms with van der Waals surface area (Å²) in [5.74, 6) is -0.462. The Kier molecular flexibility index (Phi) is 4.11. The van der Waals surface area contributed by atoms with Crippen LogP contribution in [0.3, 0.4) is 0 Å². The van der Waals surface area contributed by atoms with E-state index in [1.54, 1.807) is 17.6 Å². The Hall–Kier alpha value is -3.07. The van der Waals surface area contributed by atoms with Crippen molar-refractivity contribution in [3.05, 3.63) is 62.6 Å². The number of thiazole rings is 1. The highest BCUT2D eigenvalue weighted by Crippen LogP contribution is 2.22. The highest BCUT2D eigenvalue weighted by Gasteiger charge is 2.10. The molecular formula is C14H11N5O3S. The first-order valence-electron chi connectivity index (χ1n) is 6.59. The molecule has 23 heavy (non-hydrogen) atoms. The van der Waals surface area contributed by atoms with E-state index in [0.29, 0.717) is 16.5 Å². The highest BCUT2D eigenvalue weighted by molar-refractivity contribution is 7.14. The predicted molar refractivity (Wildman–Crippen MR) is 85.3 cm³/mol. The molecule has 0 aliphatic carbocycles. The lowest BCUT2D eigenvalue weighted by atomic mass is 10.3. The fourth-order valence-corrected chi connectivity index (χ4v) is 2.57. The number of hydrogen-bond donors (Lipinski definition) is 2. The van der Waals surface area contributed by atoms with E-state index in [1.165, 1.54) is 11.3 Å². The van der Waals surface area contributed by atoms with Gasteiger partial charge in [-0.1, -0.05) is 6.07 Å². The molecular weight excluding hydrogens is 318 g/mol. The van der Waals surface area contributed by atoms with Crippen LogP contribution in [0, 0.1) is 0 Å². The van der Waals surface area contributed by atoms with E-state index in [2.05, 4.69) is 20.4 Å². The molecule has 0 spiro atoms. The van der Waals surface area contributed by atoms with Crippen molar-refractivity contribution in [2.75, 3.05) is 5.32 Å². The summed E-state index contributed by atoms with van der Waals surface area (Å²) in [6, 6.07) is 7.68. The van der Waals surface area contributed by atoms with Crippen LogP contribution in [0.1, 0.15) is 0 Å². The number of aromatic nitrogens is 4. The normalized spacial score (nSPS) is 10.4. The van der Waals surface area contributed by atoms with E-state index < -0.39 is 17.0 Å². The molecule has 0 saturated carbocycles. The minimum Gasteiger partial charge on any atom is -0.300 e. The van der Waals surface area contributed by atoms with Gasteiger partial charge in [0, 0.05) is 23.7 Å². The maximum atomic E-state index is 11.9. The molecule has 0 atom stereocenters. The average Bonchev–Trinajstić information content (AvgIpc) is 3.00. The fourth-order valence-electron chi connectivity index (χ4n) is 1.85. The minimum absolute atomic E-state index is 0.298. The van der Waals surface area contributed by atoms with Gasteiger partial charge in [0.1, 0.15) is 12.2 Å². The third-order valence-corrected chi connectivity index (χ3v) is 3.63. The molecule has 3 aromatic rings. The summed E-state index contributed by atoms with van der Waals surface area (Å²) in [4.78, 5) is 43.1. The van der Waals surface area contributed by atoms with Crippen molar-refractivity contribution in [3.8, 4) is 11.4 Å². The van der Waals surface area contributed by atoms with Crippen LogP contribution in [-0.2, 0) is 11.3 Å². The monoisotopic (exact) mass is 329 g/mol. The Morgan fingerprint density at radius 1 is 1.22 bits per heavy atom. The zero-order chi connectivity index (χ0) is 16.2. The number of nitrogens with one attached hydrogen (secondary N) is 2. The maximum absolute atomic E-state index is 11.9. The van der Waals surface area contributed by atoms with E-state index in [4.69, 9.17) is 0 Å². The summed E-state index contributed by atoms with van der Waals surface area (Å²) < 4.78 is 0.935. The van der Waals surface area contributed by atoms with E-state index in [0.717, 1.165) is 16.8 Å². The fraction of sp³-hybridized carbons (Fsp3) is 0.0714. The number of H-pyrrole nitrogens is 1. The second-order valence-corrected chi connectivity index (χ2v) is 5.39. The Morgan fingerprint density at radius 2 is 2.09 bits per heavy atom. The SMILES string of the molecule is O=C(Cn1[nH]c(=O)ccc1=O)Nc1nc(-c2ccccn2)cs1. The Labute approximate surface area is 133 Å². The molecule has 0 fully saturated rings. The third kappa shape index (κ3) is 3.58. The maximum Gasteiger partial charge on any atom is 0.265 e. The summed E-state index contributed by atoms with van der Waals surface area (Å²) in [5, 5.41) is 7.03. The average molecular weight is 329 g/mol. The van der Waals surface area contributed by atoms with Crippen LogP contribution in [0.5, 0.6) is 0 Å². The Morgan fingerprint density at radius 3 is 2.87 bits per heavy atom. The molecule has 0 aromatic carbocycles. The molecule has 0 aliphatic rings. The molecule has 3 rings (SSSR count). The van der Waals surface area contributed by atoms with Gasteiger partial charge in [0.15, 0.2) is 5.13 Å². The topological polar surface area (TPSA) is 110 Å². The number of carbonyl (C=O) groups excluding carboxylic acids is 1. The van der Waals surface area contributed by atoms with Crippen LogP contribution in [0.15, 0.2) is 51.5 Å². The van der Waals surface area contributed by atoms with E-state index in [1.807, 2.05) is 12.1 Å². The van der Waals surface area contributed by atoms with Gasteiger partial charge in [0.25, 0.3) is 11.1 Å². The molecule has 116 valence electrons. The van der Waals surface area contributed by atoms with Gasteiger partial charge in [0.05, 0.1) is 5.69 Å². The van der Waals surface area contributed by atoms with E-state index in [-0.39, 0.29) is 6.54 Å². The van der Waals surface area contributed by atoms with Gasteiger partial charge in [-0.15, -0.1) is 11.3 Å². The number of anilines is 1. The molecule has 3 heterocycles. The van der Waals surface area contributed by atoms with Crippen LogP contribution in [0.25, 0.3) is 11.4 Å². The Bertz CT molecular complexity index is 945. The van der Waals surface area contributed by atoms with Crippen molar-refractivity contribution in [3.63, 3.8) is 0 Å². The van der Waals surface area contributed by atoms with Crippen molar-refractivity contribution >= 4 is 22.4 Å². The number of hydrogen-bond acceptors (Lipinski definition) is 6. The van der Waals surface area contributed by atoms with Gasteiger partial charge in [-0.2, -0.15) is 0 Å². The smallest absolute Gasteiger partial charge is 0.265 e. The zero-order valence-electron chi connectivity index (χ0n) is 11.7. The van der Waals surface area contributed by atoms with E-state index >= 15 is 0 Å². The number of amides is 1. The number of rotatable bonds is 4. The van der Waals surface area contributed by atoms with Crippen molar-refractivity contribution < 1.29 is 4.79 Å². The van der Waals surface area contributed by atoms with Gasteiger partial charge in [-0.05, 0) is 12.1 Å². The zero-order valence-corrected chi connectivity index (χ0v) is 12.5. The summed E-state index contributed by atoms with van der Waals surface area (Å²) in [5.41, 5.74) is 0.432. The number of nitrogens with zero attached hydrogens (tertiary/aromatic N) is 3. The van der Waals surface area contributed by atoms with Gasteiger partial charge >= 0.3 is 0 Å². The molecule has 2 N–H and O–H groups in total. The summed E-state index contributed by atoms with van der Waals surface area (Å²) in [6.07, 6.45) is 1.66. The lowest BCUT2D eigenvalue weighted by Crippen LogP contribution is -2.32. The molecule has 0 bridgehead atoms. The molecule has 0 aliphatic heterocycles. The van der Waals surface area contributed by atoms with Crippen molar-refractivity contribution in [2.45, 2.75) is 6.54 Å². The van der Waals surface area contributed by atoms with Gasteiger partial charge in [0.2, 0.25) is 5.91 Å². The summed E-state index contributed by atoms with van der Waals surface area (Å²) >= 11 is 1.25. The van der Waals surface area contributed by atoms with Gasteiger partial charge in [-0.25, -0.2) is 9.67 Å². The third-order valence-electron chi connectivity index (χ3n) is 2.87. The first-order chi connectivity index (χ1) is 11.1. The standard InChI is InChI=1S/C14H11N5O3S/c20-11-4-5-13(22)19(18-11)7-12(21)17-14-16-10(8-23-14)9-3-1-2-6-15-9/h1-6,8H,7H2,(H,18,20)(H,16,17,21). The van der Waals surface area contributed by atoms with Crippen molar-refractivity contribution in [1.29, 1.82) is 0 Å². The lowest BCUT2D eigenvalue weighted by molar-refractivity contribution is -0.117. The molecule has 0 unspecified atom stereocenters. The highest BCUT2D eigenvalue weighted by atomic mass is 32.1. The van der Waals surface area contributed by atoms with Crippen LogP contribution in [-0.4, -0.2) is 25.7 Å². The number of carbonyl (C=O) groups is 1. The molecule has 1 amide bonds. The minimum atomic E-state index is -0.465. The molecule has 9 heteroatoms. The van der Waals surface area contributed by atoms with Gasteiger partial charge < -0.3 is 5.32 Å².